The number of carbonyl (C=O) groups excluding carboxylic acids is 1. The normalized spacial score (nSPS) is 15.8. The van der Waals surface area contributed by atoms with E-state index in [1.165, 1.54) is 25.7 Å². The molecule has 1 aromatic carbocycles. The van der Waals surface area contributed by atoms with Crippen molar-refractivity contribution in [2.75, 3.05) is 11.4 Å². The Morgan fingerprint density at radius 1 is 1.35 bits per heavy atom. The van der Waals surface area contributed by atoms with Crippen LogP contribution < -0.4 is 4.90 Å². The van der Waals surface area contributed by atoms with E-state index in [1.54, 1.807) is 6.92 Å². The molecule has 110 valence electrons. The molecule has 20 heavy (non-hydrogen) atoms. The second-order valence-electron chi connectivity index (χ2n) is 6.20. The van der Waals surface area contributed by atoms with Crippen molar-refractivity contribution >= 4 is 23.1 Å². The first-order valence-corrected chi connectivity index (χ1v) is 7.94. The fourth-order valence-electron chi connectivity index (χ4n) is 3.04. The molecule has 0 aromatic heterocycles. The molecule has 2 rings (SSSR count). The third kappa shape index (κ3) is 3.54. The van der Waals surface area contributed by atoms with Crippen LogP contribution in [-0.2, 0) is 0 Å². The lowest BCUT2D eigenvalue weighted by Crippen LogP contribution is -2.36. The highest BCUT2D eigenvalue weighted by Gasteiger charge is 2.24. The van der Waals surface area contributed by atoms with Gasteiger partial charge in [-0.25, -0.2) is 0 Å². The van der Waals surface area contributed by atoms with Gasteiger partial charge in [-0.1, -0.05) is 38.3 Å². The van der Waals surface area contributed by atoms with Crippen LogP contribution in [0.5, 0.6) is 0 Å². The number of anilines is 1. The van der Waals surface area contributed by atoms with Gasteiger partial charge in [0.2, 0.25) is 0 Å². The number of ketones is 1. The lowest BCUT2D eigenvalue weighted by molar-refractivity contribution is 0.101. The van der Waals surface area contributed by atoms with Crippen LogP contribution in [0.25, 0.3) is 0 Å². The number of hydrogen-bond acceptors (Lipinski definition) is 2. The zero-order valence-corrected chi connectivity index (χ0v) is 13.4. The second-order valence-corrected chi connectivity index (χ2v) is 6.61. The molecule has 1 fully saturated rings. The molecule has 1 saturated carbocycles. The van der Waals surface area contributed by atoms with Crippen LogP contribution in [0.3, 0.4) is 0 Å². The van der Waals surface area contributed by atoms with Crippen molar-refractivity contribution in [1.82, 2.24) is 0 Å². The van der Waals surface area contributed by atoms with Gasteiger partial charge in [-0.3, -0.25) is 4.79 Å². The molecule has 0 amide bonds. The van der Waals surface area contributed by atoms with E-state index in [0.717, 1.165) is 12.2 Å². The summed E-state index contributed by atoms with van der Waals surface area (Å²) in [7, 11) is 0. The van der Waals surface area contributed by atoms with Gasteiger partial charge >= 0.3 is 0 Å². The first-order chi connectivity index (χ1) is 9.49. The van der Waals surface area contributed by atoms with E-state index in [4.69, 9.17) is 11.6 Å². The van der Waals surface area contributed by atoms with Gasteiger partial charge in [-0.2, -0.15) is 0 Å². The Morgan fingerprint density at radius 2 is 2.00 bits per heavy atom. The van der Waals surface area contributed by atoms with E-state index >= 15 is 0 Å². The summed E-state index contributed by atoms with van der Waals surface area (Å²) in [6.45, 7) is 7.09. The van der Waals surface area contributed by atoms with Crippen LogP contribution in [-0.4, -0.2) is 18.4 Å². The Bertz CT molecular complexity index is 478. The molecular formula is C17H24ClNO. The van der Waals surface area contributed by atoms with Crippen LogP contribution in [0.15, 0.2) is 18.2 Å². The molecule has 1 aliphatic rings. The molecule has 1 aliphatic carbocycles. The van der Waals surface area contributed by atoms with E-state index in [2.05, 4.69) is 18.7 Å². The molecule has 0 unspecified atom stereocenters. The minimum Gasteiger partial charge on any atom is -0.368 e. The monoisotopic (exact) mass is 293 g/mol. The third-order valence-electron chi connectivity index (χ3n) is 3.99. The maximum Gasteiger partial charge on any atom is 0.161 e. The predicted octanol–water partition coefficient (Wildman–Crippen LogP) is 4.95. The van der Waals surface area contributed by atoms with Crippen molar-refractivity contribution < 1.29 is 4.79 Å². The average molecular weight is 294 g/mol. The standard InChI is InChI=1S/C17H24ClNO/c1-12(2)11-19(14-6-4-5-7-14)15-8-9-16(13(3)20)17(18)10-15/h8-10,12,14H,4-7,11H2,1-3H3. The molecule has 2 nitrogen and oxygen atoms in total. The zero-order valence-electron chi connectivity index (χ0n) is 12.7. The Kier molecular flexibility index (Phi) is 5.09. The van der Waals surface area contributed by atoms with Gasteiger partial charge in [0.25, 0.3) is 0 Å². The second kappa shape index (κ2) is 6.62. The minimum atomic E-state index is 0.0258. The fraction of sp³-hybridized carbons (Fsp3) is 0.588. The van der Waals surface area contributed by atoms with Crippen molar-refractivity contribution in [2.24, 2.45) is 5.92 Å². The molecule has 0 N–H and O–H groups in total. The predicted molar refractivity (Wildman–Crippen MR) is 85.9 cm³/mol. The summed E-state index contributed by atoms with van der Waals surface area (Å²) in [5.41, 5.74) is 1.77. The van der Waals surface area contributed by atoms with Gasteiger partial charge in [0.05, 0.1) is 5.02 Å². The van der Waals surface area contributed by atoms with E-state index in [0.29, 0.717) is 22.5 Å². The van der Waals surface area contributed by atoms with Gasteiger partial charge in [0.1, 0.15) is 0 Å². The number of rotatable bonds is 5. The van der Waals surface area contributed by atoms with Crippen molar-refractivity contribution in [3.05, 3.63) is 28.8 Å². The number of halogens is 1. The van der Waals surface area contributed by atoms with Gasteiger partial charge in [0.15, 0.2) is 5.78 Å². The first kappa shape index (κ1) is 15.4. The highest BCUT2D eigenvalue weighted by atomic mass is 35.5. The number of benzene rings is 1. The molecule has 1 aromatic rings. The van der Waals surface area contributed by atoms with Crippen molar-refractivity contribution in [2.45, 2.75) is 52.5 Å². The number of carbonyl (C=O) groups is 1. The third-order valence-corrected chi connectivity index (χ3v) is 4.30. The molecule has 0 radical (unpaired) electrons. The Labute approximate surface area is 127 Å². The molecule has 0 bridgehead atoms. The van der Waals surface area contributed by atoms with Gasteiger partial charge in [-0.05, 0) is 43.9 Å². The number of Topliss-reactive ketones (excluding diaryl/α,β-unsaturated/α-hetero) is 1. The Hall–Kier alpha value is -1.02. The van der Waals surface area contributed by atoms with Crippen molar-refractivity contribution in [3.8, 4) is 0 Å². The van der Waals surface area contributed by atoms with Crippen LogP contribution >= 0.6 is 11.6 Å². The topological polar surface area (TPSA) is 20.3 Å². The maximum absolute atomic E-state index is 11.5. The molecule has 3 heteroatoms. The highest BCUT2D eigenvalue weighted by molar-refractivity contribution is 6.34. The molecule has 0 aliphatic heterocycles. The first-order valence-electron chi connectivity index (χ1n) is 7.56. The fourth-order valence-corrected chi connectivity index (χ4v) is 3.35. The van der Waals surface area contributed by atoms with Crippen LogP contribution in [0.2, 0.25) is 5.02 Å². The van der Waals surface area contributed by atoms with E-state index in [-0.39, 0.29) is 5.78 Å². The van der Waals surface area contributed by atoms with Crippen LogP contribution in [0, 0.1) is 5.92 Å². The summed E-state index contributed by atoms with van der Waals surface area (Å²) in [5.74, 6) is 0.639. The summed E-state index contributed by atoms with van der Waals surface area (Å²) in [6, 6.07) is 6.49. The molecule has 0 heterocycles. The van der Waals surface area contributed by atoms with Gasteiger partial charge < -0.3 is 4.90 Å². The Balaban J connectivity index is 2.28. The SMILES string of the molecule is CC(=O)c1ccc(N(CC(C)C)C2CCCC2)cc1Cl. The maximum atomic E-state index is 11.5. The smallest absolute Gasteiger partial charge is 0.161 e. The molecule has 0 spiro atoms. The summed E-state index contributed by atoms with van der Waals surface area (Å²) in [4.78, 5) is 14.0. The molecule has 0 atom stereocenters. The summed E-state index contributed by atoms with van der Waals surface area (Å²) in [5, 5.41) is 0.571. The summed E-state index contributed by atoms with van der Waals surface area (Å²) in [6.07, 6.45) is 5.16. The lowest BCUT2D eigenvalue weighted by atomic mass is 10.1. The zero-order chi connectivity index (χ0) is 14.7. The highest BCUT2D eigenvalue weighted by Crippen LogP contribution is 2.31. The van der Waals surface area contributed by atoms with Crippen LogP contribution in [0.1, 0.15) is 56.8 Å². The molecular weight excluding hydrogens is 270 g/mol. The van der Waals surface area contributed by atoms with Crippen LogP contribution in [0.4, 0.5) is 5.69 Å². The van der Waals surface area contributed by atoms with Gasteiger partial charge in [0, 0.05) is 23.8 Å². The minimum absolute atomic E-state index is 0.0258. The average Bonchev–Trinajstić information content (AvgIpc) is 2.88. The quantitative estimate of drug-likeness (QED) is 0.716. The largest absolute Gasteiger partial charge is 0.368 e. The lowest BCUT2D eigenvalue weighted by Gasteiger charge is -2.33. The van der Waals surface area contributed by atoms with E-state index in [9.17, 15) is 4.79 Å². The van der Waals surface area contributed by atoms with Crippen molar-refractivity contribution in [1.29, 1.82) is 0 Å². The van der Waals surface area contributed by atoms with Crippen molar-refractivity contribution in [3.63, 3.8) is 0 Å². The summed E-state index contributed by atoms with van der Waals surface area (Å²) >= 11 is 6.26. The number of hydrogen-bond donors (Lipinski definition) is 0. The summed E-state index contributed by atoms with van der Waals surface area (Å²) < 4.78 is 0. The Morgan fingerprint density at radius 3 is 2.50 bits per heavy atom. The van der Waals surface area contributed by atoms with E-state index < -0.39 is 0 Å². The number of nitrogens with zero attached hydrogens (tertiary/aromatic N) is 1. The van der Waals surface area contributed by atoms with E-state index in [1.807, 2.05) is 18.2 Å². The van der Waals surface area contributed by atoms with Gasteiger partial charge in [-0.15, -0.1) is 0 Å². The molecule has 0 saturated heterocycles.